The van der Waals surface area contributed by atoms with E-state index in [0.717, 1.165) is 0 Å². The number of alkyl halides is 1. The van der Waals surface area contributed by atoms with E-state index in [0.29, 0.717) is 29.2 Å². The minimum Gasteiger partial charge on any atom is -0.479 e. The number of ether oxygens (including phenoxy) is 1. The topological polar surface area (TPSA) is 104 Å². The molecule has 2 N–H and O–H groups in total. The lowest BCUT2D eigenvalue weighted by Crippen LogP contribution is -2.39. The first-order chi connectivity index (χ1) is 17.3. The van der Waals surface area contributed by atoms with Crippen LogP contribution in [-0.2, 0) is 16.7 Å². The molecule has 1 aromatic carbocycles. The van der Waals surface area contributed by atoms with E-state index in [2.05, 4.69) is 20.9 Å². The molecule has 5 rings (SSSR count). The first-order valence-electron chi connectivity index (χ1n) is 11.2. The predicted molar refractivity (Wildman–Crippen MR) is 131 cm³/mol. The number of terminal acetylenes is 1. The van der Waals surface area contributed by atoms with Gasteiger partial charge in [-0.25, -0.2) is 23.7 Å². The number of pyridine rings is 1. The van der Waals surface area contributed by atoms with Crippen LogP contribution < -0.4 is 10.5 Å². The van der Waals surface area contributed by atoms with Gasteiger partial charge >= 0.3 is 0 Å². The number of hydrogen-bond donors (Lipinski definition) is 1. The van der Waals surface area contributed by atoms with Gasteiger partial charge in [0.15, 0.2) is 17.3 Å². The van der Waals surface area contributed by atoms with Crippen LogP contribution in [0.15, 0.2) is 52.3 Å². The van der Waals surface area contributed by atoms with Crippen LogP contribution in [0.2, 0.25) is 0 Å². The van der Waals surface area contributed by atoms with Crippen molar-refractivity contribution in [2.45, 2.75) is 30.1 Å². The summed E-state index contributed by atoms with van der Waals surface area (Å²) in [4.78, 5) is 25.6. The van der Waals surface area contributed by atoms with E-state index < -0.39 is 28.7 Å². The normalized spacial score (nSPS) is 24.4. The average Bonchev–Trinajstić information content (AvgIpc) is 3.46. The lowest BCUT2D eigenvalue weighted by Gasteiger charge is -2.34. The van der Waals surface area contributed by atoms with Crippen molar-refractivity contribution in [2.24, 2.45) is 16.6 Å². The zero-order chi connectivity index (χ0) is 25.5. The number of halogens is 2. The molecular weight excluding hydrogens is 486 g/mol. The van der Waals surface area contributed by atoms with Crippen LogP contribution in [0.4, 0.5) is 8.78 Å². The molecule has 1 aliphatic carbocycles. The van der Waals surface area contributed by atoms with Gasteiger partial charge in [0, 0.05) is 17.9 Å². The highest BCUT2D eigenvalue weighted by atomic mass is 32.2. The molecule has 0 amide bonds. The molecule has 0 spiro atoms. The van der Waals surface area contributed by atoms with E-state index in [1.807, 2.05) is 0 Å². The molecule has 0 unspecified atom stereocenters. The Bertz CT molecular complexity index is 1400. The average molecular weight is 509 g/mol. The predicted octanol–water partition coefficient (Wildman–Crippen LogP) is 4.10. The number of aromatic nitrogens is 2. The van der Waals surface area contributed by atoms with Crippen molar-refractivity contribution in [1.82, 2.24) is 9.97 Å². The van der Waals surface area contributed by atoms with Crippen molar-refractivity contribution in [2.75, 3.05) is 13.3 Å². The van der Waals surface area contributed by atoms with Crippen molar-refractivity contribution < 1.29 is 22.7 Å². The van der Waals surface area contributed by atoms with Gasteiger partial charge in [-0.3, -0.25) is 4.79 Å². The maximum atomic E-state index is 15.2. The number of rotatable bonds is 8. The number of aliphatic imine (C=N–C) groups is 1. The van der Waals surface area contributed by atoms with Gasteiger partial charge in [-0.1, -0.05) is 23.7 Å². The van der Waals surface area contributed by atoms with Crippen molar-refractivity contribution >= 4 is 22.7 Å². The minimum atomic E-state index is -1.54. The molecule has 3 heterocycles. The summed E-state index contributed by atoms with van der Waals surface area (Å²) in [6, 6.07) is 7.36. The molecule has 1 saturated carbocycles. The second-order valence-electron chi connectivity index (χ2n) is 8.81. The maximum absolute atomic E-state index is 15.2. The monoisotopic (exact) mass is 508 g/mol. The van der Waals surface area contributed by atoms with Gasteiger partial charge in [0.25, 0.3) is 0 Å². The van der Waals surface area contributed by atoms with Crippen molar-refractivity contribution in [3.8, 4) is 18.1 Å². The Kier molecular flexibility index (Phi) is 6.04. The summed E-state index contributed by atoms with van der Waals surface area (Å²) in [5, 5.41) is 0.148. The first kappa shape index (κ1) is 24.0. The van der Waals surface area contributed by atoms with Crippen LogP contribution in [0.1, 0.15) is 39.5 Å². The number of fused-ring (bicyclic) bond motifs is 1. The lowest BCUT2D eigenvalue weighted by atomic mass is 9.83. The van der Waals surface area contributed by atoms with Gasteiger partial charge in [-0.05, 0) is 43.2 Å². The van der Waals surface area contributed by atoms with Crippen molar-refractivity contribution in [3.63, 3.8) is 0 Å². The first-order valence-corrected chi connectivity index (χ1v) is 12.0. The largest absolute Gasteiger partial charge is 0.479 e. The summed E-state index contributed by atoms with van der Waals surface area (Å²) in [6.07, 6.45) is 8.36. The fraction of sp³-hybridized carbons (Fsp3) is 0.308. The molecule has 0 bridgehead atoms. The number of hydrogen-bond acceptors (Lipinski definition) is 8. The standard InChI is InChI=1S/C26H22F2N4O3S/c1-3-8-34-17-5-7-20(30-12-17)21(33)10-16-4-6-19(28)18(9-16)25(13-27)22-11-26(22,36-24(29)32-25)23-15(2)31-14-35-23/h1,4-7,9,12,14,22H,8,10-11,13H2,2H3,(H2,29,32)/t22-,25+,26-/m0/s1. The Hall–Kier alpha value is -3.71. The molecule has 3 aromatic rings. The second kappa shape index (κ2) is 9.06. The number of carbonyl (C=O) groups excluding carboxylic acids is 1. The quantitative estimate of drug-likeness (QED) is 0.361. The van der Waals surface area contributed by atoms with Crippen LogP contribution in [0.3, 0.4) is 0 Å². The molecule has 184 valence electrons. The summed E-state index contributed by atoms with van der Waals surface area (Å²) in [5.41, 5.74) is 6.07. The van der Waals surface area contributed by atoms with Crippen LogP contribution >= 0.6 is 11.8 Å². The molecule has 0 saturated heterocycles. The number of benzene rings is 1. The number of nitrogens with zero attached hydrogens (tertiary/aromatic N) is 3. The Labute approximate surface area is 210 Å². The van der Waals surface area contributed by atoms with Gasteiger partial charge in [-0.15, -0.1) is 6.42 Å². The van der Waals surface area contributed by atoms with Crippen LogP contribution in [0, 0.1) is 31.0 Å². The number of oxazole rings is 1. The smallest absolute Gasteiger partial charge is 0.185 e. The van der Waals surface area contributed by atoms with Crippen LogP contribution in [0.5, 0.6) is 5.75 Å². The number of aryl methyl sites for hydroxylation is 1. The highest BCUT2D eigenvalue weighted by Gasteiger charge is 2.71. The molecule has 1 aliphatic heterocycles. The fourth-order valence-corrected chi connectivity index (χ4v) is 6.35. The third-order valence-electron chi connectivity index (χ3n) is 6.62. The minimum absolute atomic E-state index is 0.0574. The SMILES string of the molecule is C#CCOc1ccc(C(=O)Cc2ccc(F)c([C@@]3(CF)N=C(N)S[C@@]4(c5ocnc5C)C[C@@H]34)c2)nc1. The summed E-state index contributed by atoms with van der Waals surface area (Å²) in [5.74, 6) is 2.10. The zero-order valence-corrected chi connectivity index (χ0v) is 20.1. The summed E-state index contributed by atoms with van der Waals surface area (Å²) < 4.78 is 40.3. The lowest BCUT2D eigenvalue weighted by molar-refractivity contribution is 0.0988. The molecule has 2 aromatic heterocycles. The number of carbonyl (C=O) groups is 1. The number of nitrogens with two attached hydrogens (primary N) is 1. The third-order valence-corrected chi connectivity index (χ3v) is 7.92. The molecule has 10 heteroatoms. The number of Topliss-reactive ketones (excluding diaryl/α,β-unsaturated/α-hetero) is 1. The van der Waals surface area contributed by atoms with Gasteiger partial charge in [0.2, 0.25) is 0 Å². The van der Waals surface area contributed by atoms with E-state index in [1.165, 1.54) is 48.6 Å². The summed E-state index contributed by atoms with van der Waals surface area (Å²) >= 11 is 1.29. The fourth-order valence-electron chi connectivity index (χ4n) is 4.89. The Morgan fingerprint density at radius 2 is 2.19 bits per heavy atom. The highest BCUT2D eigenvalue weighted by molar-refractivity contribution is 8.14. The van der Waals surface area contributed by atoms with Gasteiger partial charge in [0.1, 0.15) is 41.8 Å². The molecule has 3 atom stereocenters. The molecular formula is C26H22F2N4O3S. The van der Waals surface area contributed by atoms with Gasteiger partial charge in [-0.2, -0.15) is 0 Å². The molecule has 2 aliphatic rings. The van der Waals surface area contributed by atoms with Crippen molar-refractivity contribution in [3.05, 3.63) is 77.0 Å². The van der Waals surface area contributed by atoms with E-state index in [9.17, 15) is 9.18 Å². The maximum Gasteiger partial charge on any atom is 0.185 e. The Balaban J connectivity index is 1.45. The van der Waals surface area contributed by atoms with E-state index in [4.69, 9.17) is 21.3 Å². The van der Waals surface area contributed by atoms with Gasteiger partial charge < -0.3 is 14.9 Å². The second-order valence-corrected chi connectivity index (χ2v) is 10.2. The molecule has 1 fully saturated rings. The van der Waals surface area contributed by atoms with Crippen LogP contribution in [0.25, 0.3) is 0 Å². The Morgan fingerprint density at radius 1 is 1.36 bits per heavy atom. The summed E-state index contributed by atoms with van der Waals surface area (Å²) in [7, 11) is 0. The van der Waals surface area contributed by atoms with E-state index in [1.54, 1.807) is 13.0 Å². The van der Waals surface area contributed by atoms with Gasteiger partial charge in [0.05, 0.1) is 16.6 Å². The molecule has 0 radical (unpaired) electrons. The zero-order valence-electron chi connectivity index (χ0n) is 19.3. The Morgan fingerprint density at radius 3 is 2.86 bits per heavy atom. The number of amidine groups is 1. The molecule has 7 nitrogen and oxygen atoms in total. The highest BCUT2D eigenvalue weighted by Crippen LogP contribution is 2.71. The summed E-state index contributed by atoms with van der Waals surface area (Å²) in [6.45, 7) is 0.938. The molecule has 36 heavy (non-hydrogen) atoms. The third kappa shape index (κ3) is 3.93. The van der Waals surface area contributed by atoms with E-state index >= 15 is 4.39 Å². The van der Waals surface area contributed by atoms with Crippen molar-refractivity contribution in [1.29, 1.82) is 0 Å². The number of ketones is 1. The van der Waals surface area contributed by atoms with Crippen LogP contribution in [-0.4, -0.2) is 34.2 Å². The number of thioether (sulfide) groups is 1. The van der Waals surface area contributed by atoms with E-state index in [-0.39, 0.29) is 35.2 Å².